The van der Waals surface area contributed by atoms with Gasteiger partial charge in [0, 0.05) is 34.6 Å². The van der Waals surface area contributed by atoms with Crippen molar-refractivity contribution in [1.82, 2.24) is 9.38 Å². The SMILES string of the molecule is Cc1cc(Br)cn2cc(-c3cccc([N+](=O)[O-])c3)nc12. The number of nitro benzene ring substituents is 1. The van der Waals surface area contributed by atoms with Crippen LogP contribution in [-0.2, 0) is 0 Å². The molecule has 20 heavy (non-hydrogen) atoms. The molecule has 0 fully saturated rings. The van der Waals surface area contributed by atoms with Gasteiger partial charge in [-0.3, -0.25) is 10.1 Å². The van der Waals surface area contributed by atoms with E-state index in [1.807, 2.05) is 35.9 Å². The molecule has 0 amide bonds. The van der Waals surface area contributed by atoms with E-state index in [0.717, 1.165) is 26.9 Å². The monoisotopic (exact) mass is 331 g/mol. The second-order valence-electron chi connectivity index (χ2n) is 4.51. The topological polar surface area (TPSA) is 60.4 Å². The number of hydrogen-bond donors (Lipinski definition) is 0. The van der Waals surface area contributed by atoms with E-state index in [1.165, 1.54) is 12.1 Å². The maximum Gasteiger partial charge on any atom is 0.270 e. The normalized spacial score (nSPS) is 10.9. The summed E-state index contributed by atoms with van der Waals surface area (Å²) >= 11 is 3.44. The largest absolute Gasteiger partial charge is 0.305 e. The van der Waals surface area contributed by atoms with Crippen LogP contribution in [-0.4, -0.2) is 14.3 Å². The quantitative estimate of drug-likeness (QED) is 0.527. The Balaban J connectivity index is 2.17. The molecule has 0 saturated carbocycles. The van der Waals surface area contributed by atoms with Crippen LogP contribution in [0.2, 0.25) is 0 Å². The van der Waals surface area contributed by atoms with E-state index >= 15 is 0 Å². The summed E-state index contributed by atoms with van der Waals surface area (Å²) in [4.78, 5) is 15.0. The number of rotatable bonds is 2. The van der Waals surface area contributed by atoms with Gasteiger partial charge in [-0.2, -0.15) is 0 Å². The third-order valence-electron chi connectivity index (χ3n) is 3.05. The Morgan fingerprint density at radius 1 is 1.30 bits per heavy atom. The molecule has 6 heteroatoms. The first kappa shape index (κ1) is 12.8. The molecule has 0 aliphatic rings. The van der Waals surface area contributed by atoms with Gasteiger partial charge in [-0.15, -0.1) is 0 Å². The number of benzene rings is 1. The lowest BCUT2D eigenvalue weighted by molar-refractivity contribution is -0.384. The number of pyridine rings is 1. The van der Waals surface area contributed by atoms with Crippen LogP contribution in [0.5, 0.6) is 0 Å². The number of hydrogen-bond acceptors (Lipinski definition) is 3. The maximum atomic E-state index is 10.8. The number of nitrogens with zero attached hydrogens (tertiary/aromatic N) is 3. The Hall–Kier alpha value is -2.21. The summed E-state index contributed by atoms with van der Waals surface area (Å²) < 4.78 is 2.87. The molecule has 1 aromatic carbocycles. The maximum absolute atomic E-state index is 10.8. The fourth-order valence-electron chi connectivity index (χ4n) is 2.14. The first-order chi connectivity index (χ1) is 9.54. The summed E-state index contributed by atoms with van der Waals surface area (Å²) in [5, 5.41) is 10.8. The lowest BCUT2D eigenvalue weighted by Gasteiger charge is -1.97. The number of imidazole rings is 1. The second-order valence-corrected chi connectivity index (χ2v) is 5.42. The molecule has 0 aliphatic heterocycles. The van der Waals surface area contributed by atoms with Gasteiger partial charge >= 0.3 is 0 Å². The molecular formula is C14H10BrN3O2. The minimum atomic E-state index is -0.402. The van der Waals surface area contributed by atoms with Gasteiger partial charge in [0.05, 0.1) is 10.6 Å². The van der Waals surface area contributed by atoms with Gasteiger partial charge in [-0.05, 0) is 34.5 Å². The molecule has 2 heterocycles. The molecule has 0 spiro atoms. The Morgan fingerprint density at radius 2 is 2.10 bits per heavy atom. The minimum absolute atomic E-state index is 0.0671. The van der Waals surface area contributed by atoms with Crippen LogP contribution in [0.4, 0.5) is 5.69 Å². The summed E-state index contributed by atoms with van der Waals surface area (Å²) in [6, 6.07) is 8.48. The Labute approximate surface area is 123 Å². The molecule has 0 saturated heterocycles. The number of nitro groups is 1. The first-order valence-corrected chi connectivity index (χ1v) is 6.73. The standard InChI is InChI=1S/C14H10BrN3O2/c1-9-5-11(15)7-17-8-13(16-14(9)17)10-3-2-4-12(6-10)18(19)20/h2-8H,1H3. The summed E-state index contributed by atoms with van der Waals surface area (Å²) in [6.07, 6.45) is 3.78. The van der Waals surface area contributed by atoms with E-state index in [1.54, 1.807) is 6.07 Å². The zero-order valence-corrected chi connectivity index (χ0v) is 12.2. The van der Waals surface area contributed by atoms with E-state index in [4.69, 9.17) is 0 Å². The number of halogens is 1. The van der Waals surface area contributed by atoms with Gasteiger partial charge < -0.3 is 4.40 Å². The molecule has 0 N–H and O–H groups in total. The molecule has 2 aromatic heterocycles. The van der Waals surface area contributed by atoms with Crippen molar-refractivity contribution in [3.63, 3.8) is 0 Å². The van der Waals surface area contributed by atoms with Gasteiger partial charge in [0.1, 0.15) is 5.65 Å². The molecule has 0 unspecified atom stereocenters. The molecule has 3 aromatic rings. The van der Waals surface area contributed by atoms with Crippen molar-refractivity contribution in [2.75, 3.05) is 0 Å². The highest BCUT2D eigenvalue weighted by atomic mass is 79.9. The van der Waals surface area contributed by atoms with E-state index in [9.17, 15) is 10.1 Å². The van der Waals surface area contributed by atoms with Crippen LogP contribution in [0.25, 0.3) is 16.9 Å². The number of aromatic nitrogens is 2. The van der Waals surface area contributed by atoms with Crippen molar-refractivity contribution < 1.29 is 4.92 Å². The number of aryl methyl sites for hydroxylation is 1. The summed E-state index contributed by atoms with van der Waals surface area (Å²) in [6.45, 7) is 1.98. The number of non-ortho nitro benzene ring substituents is 1. The van der Waals surface area contributed by atoms with Crippen LogP contribution >= 0.6 is 15.9 Å². The minimum Gasteiger partial charge on any atom is -0.305 e. The zero-order chi connectivity index (χ0) is 14.3. The van der Waals surface area contributed by atoms with Crippen LogP contribution < -0.4 is 0 Å². The third-order valence-corrected chi connectivity index (χ3v) is 3.49. The Bertz CT molecular complexity index is 826. The highest BCUT2D eigenvalue weighted by molar-refractivity contribution is 9.10. The fourth-order valence-corrected chi connectivity index (χ4v) is 2.71. The lowest BCUT2D eigenvalue weighted by Crippen LogP contribution is -1.88. The van der Waals surface area contributed by atoms with E-state index < -0.39 is 4.92 Å². The molecular weight excluding hydrogens is 322 g/mol. The summed E-state index contributed by atoms with van der Waals surface area (Å²) in [5.74, 6) is 0. The van der Waals surface area contributed by atoms with Crippen molar-refractivity contribution >= 4 is 27.3 Å². The van der Waals surface area contributed by atoms with Gasteiger partial charge in [-0.25, -0.2) is 4.98 Å². The predicted molar refractivity (Wildman–Crippen MR) is 79.7 cm³/mol. The Morgan fingerprint density at radius 3 is 2.85 bits per heavy atom. The molecule has 3 rings (SSSR count). The molecule has 5 nitrogen and oxygen atoms in total. The van der Waals surface area contributed by atoms with Gasteiger partial charge in [0.25, 0.3) is 5.69 Å². The van der Waals surface area contributed by atoms with Crippen LogP contribution in [0.15, 0.2) is 47.2 Å². The van der Waals surface area contributed by atoms with Gasteiger partial charge in [0.2, 0.25) is 0 Å². The van der Waals surface area contributed by atoms with E-state index in [2.05, 4.69) is 20.9 Å². The van der Waals surface area contributed by atoms with E-state index in [-0.39, 0.29) is 5.69 Å². The lowest BCUT2D eigenvalue weighted by atomic mass is 10.1. The molecule has 100 valence electrons. The average Bonchev–Trinajstić information content (AvgIpc) is 2.83. The molecule has 0 radical (unpaired) electrons. The van der Waals surface area contributed by atoms with Crippen molar-refractivity contribution in [3.05, 3.63) is 62.9 Å². The summed E-state index contributed by atoms with van der Waals surface area (Å²) in [5.41, 5.74) is 3.40. The van der Waals surface area contributed by atoms with Crippen molar-refractivity contribution in [2.45, 2.75) is 6.92 Å². The first-order valence-electron chi connectivity index (χ1n) is 5.94. The van der Waals surface area contributed by atoms with Gasteiger partial charge in [0.15, 0.2) is 0 Å². The zero-order valence-electron chi connectivity index (χ0n) is 10.6. The molecule has 0 aliphatic carbocycles. The predicted octanol–water partition coefficient (Wildman–Crippen LogP) is 3.98. The smallest absolute Gasteiger partial charge is 0.270 e. The number of fused-ring (bicyclic) bond motifs is 1. The third kappa shape index (κ3) is 2.18. The van der Waals surface area contributed by atoms with Crippen molar-refractivity contribution in [3.8, 4) is 11.3 Å². The highest BCUT2D eigenvalue weighted by Gasteiger charge is 2.11. The van der Waals surface area contributed by atoms with Crippen molar-refractivity contribution in [1.29, 1.82) is 0 Å². The summed E-state index contributed by atoms with van der Waals surface area (Å²) in [7, 11) is 0. The highest BCUT2D eigenvalue weighted by Crippen LogP contribution is 2.25. The second kappa shape index (κ2) is 4.72. The van der Waals surface area contributed by atoms with Crippen molar-refractivity contribution in [2.24, 2.45) is 0 Å². The Kier molecular flexibility index (Phi) is 3.02. The fraction of sp³-hybridized carbons (Fsp3) is 0.0714. The van der Waals surface area contributed by atoms with Crippen LogP contribution in [0.3, 0.4) is 0 Å². The van der Waals surface area contributed by atoms with Gasteiger partial charge in [-0.1, -0.05) is 12.1 Å². The molecule has 0 atom stereocenters. The van der Waals surface area contributed by atoms with Crippen LogP contribution in [0, 0.1) is 17.0 Å². The average molecular weight is 332 g/mol. The van der Waals surface area contributed by atoms with E-state index in [0.29, 0.717) is 0 Å². The van der Waals surface area contributed by atoms with Crippen LogP contribution in [0.1, 0.15) is 5.56 Å². The molecule has 0 bridgehead atoms.